The van der Waals surface area contributed by atoms with Crippen LogP contribution in [0.25, 0.3) is 10.2 Å². The Bertz CT molecular complexity index is 1200. The van der Waals surface area contributed by atoms with Gasteiger partial charge in [0.1, 0.15) is 10.7 Å². The summed E-state index contributed by atoms with van der Waals surface area (Å²) >= 11 is 13.4. The van der Waals surface area contributed by atoms with Gasteiger partial charge in [0.25, 0.3) is 5.56 Å². The largest absolute Gasteiger partial charge is 0.457 e. The molecule has 1 aliphatic carbocycles. The van der Waals surface area contributed by atoms with Crippen LogP contribution in [-0.4, -0.2) is 28.3 Å². The number of halogens is 2. The maximum atomic E-state index is 12.5. The van der Waals surface area contributed by atoms with E-state index in [2.05, 4.69) is 9.97 Å². The van der Waals surface area contributed by atoms with E-state index in [9.17, 15) is 14.4 Å². The third kappa shape index (κ3) is 4.43. The molecule has 9 heteroatoms. The fraction of sp³-hybridized carbons (Fsp3) is 0.333. The molecule has 3 aromatic rings. The van der Waals surface area contributed by atoms with E-state index in [0.717, 1.165) is 36.1 Å². The Morgan fingerprint density at radius 3 is 2.80 bits per heavy atom. The molecule has 0 spiro atoms. The average molecular weight is 465 g/mol. The van der Waals surface area contributed by atoms with Crippen molar-refractivity contribution < 1.29 is 14.3 Å². The molecule has 0 fully saturated rings. The first-order valence-electron chi connectivity index (χ1n) is 9.59. The number of hydrogen-bond acceptors (Lipinski definition) is 6. The first-order valence-corrected chi connectivity index (χ1v) is 11.2. The highest BCUT2D eigenvalue weighted by Crippen LogP contribution is 2.33. The van der Waals surface area contributed by atoms with Crippen molar-refractivity contribution in [3.05, 3.63) is 60.4 Å². The number of thiophene rings is 1. The molecule has 1 aliphatic rings. The number of carbonyl (C=O) groups excluding carboxylic acids is 2. The summed E-state index contributed by atoms with van der Waals surface area (Å²) in [5, 5.41) is 1.31. The SMILES string of the molecule is O=C(CCc1nc2sc3c(c2c(=O)[nH]1)CCCC3)OCC(=O)c1ccc(Cl)cc1Cl. The van der Waals surface area contributed by atoms with Crippen LogP contribution < -0.4 is 5.56 Å². The zero-order valence-electron chi connectivity index (χ0n) is 15.9. The summed E-state index contributed by atoms with van der Waals surface area (Å²) in [5.41, 5.74) is 1.21. The molecule has 0 bridgehead atoms. The van der Waals surface area contributed by atoms with E-state index in [4.69, 9.17) is 27.9 Å². The van der Waals surface area contributed by atoms with Crippen molar-refractivity contribution in [1.82, 2.24) is 9.97 Å². The third-order valence-electron chi connectivity index (χ3n) is 5.04. The topological polar surface area (TPSA) is 89.1 Å². The highest BCUT2D eigenvalue weighted by atomic mass is 35.5. The number of aromatic nitrogens is 2. The molecule has 2 aromatic heterocycles. The molecule has 1 N–H and O–H groups in total. The Labute approximate surface area is 186 Å². The molecule has 4 rings (SSSR count). The van der Waals surface area contributed by atoms with Crippen molar-refractivity contribution in [3.8, 4) is 0 Å². The summed E-state index contributed by atoms with van der Waals surface area (Å²) in [5.74, 6) is -0.529. The Morgan fingerprint density at radius 1 is 1.20 bits per heavy atom. The van der Waals surface area contributed by atoms with Crippen LogP contribution in [0.5, 0.6) is 0 Å². The highest BCUT2D eigenvalue weighted by Gasteiger charge is 2.20. The van der Waals surface area contributed by atoms with E-state index in [0.29, 0.717) is 16.2 Å². The summed E-state index contributed by atoms with van der Waals surface area (Å²) in [6, 6.07) is 4.49. The van der Waals surface area contributed by atoms with Crippen LogP contribution in [0, 0.1) is 0 Å². The number of carbonyl (C=O) groups is 2. The number of H-pyrrole nitrogens is 1. The van der Waals surface area contributed by atoms with Crippen molar-refractivity contribution in [2.45, 2.75) is 38.5 Å². The van der Waals surface area contributed by atoms with Crippen molar-refractivity contribution in [2.75, 3.05) is 6.61 Å². The zero-order chi connectivity index (χ0) is 21.3. The van der Waals surface area contributed by atoms with E-state index < -0.39 is 18.4 Å². The van der Waals surface area contributed by atoms with Crippen LogP contribution in [0.15, 0.2) is 23.0 Å². The second kappa shape index (κ2) is 8.88. The molecule has 0 unspecified atom stereocenters. The molecule has 0 atom stereocenters. The van der Waals surface area contributed by atoms with Gasteiger partial charge < -0.3 is 9.72 Å². The quantitative estimate of drug-likeness (QED) is 0.427. The van der Waals surface area contributed by atoms with Gasteiger partial charge >= 0.3 is 5.97 Å². The predicted octanol–water partition coefficient (Wildman–Crippen LogP) is 4.53. The van der Waals surface area contributed by atoms with Crippen LogP contribution in [0.1, 0.15) is 45.9 Å². The molecule has 0 saturated heterocycles. The minimum Gasteiger partial charge on any atom is -0.457 e. The lowest BCUT2D eigenvalue weighted by atomic mass is 9.97. The summed E-state index contributed by atoms with van der Waals surface area (Å²) in [4.78, 5) is 46.0. The van der Waals surface area contributed by atoms with Crippen LogP contribution in [0.2, 0.25) is 10.0 Å². The van der Waals surface area contributed by atoms with E-state index >= 15 is 0 Å². The van der Waals surface area contributed by atoms with Crippen LogP contribution in [0.3, 0.4) is 0 Å². The molecule has 0 radical (unpaired) electrons. The predicted molar refractivity (Wildman–Crippen MR) is 117 cm³/mol. The maximum Gasteiger partial charge on any atom is 0.306 e. The number of fused-ring (bicyclic) bond motifs is 3. The number of esters is 1. The van der Waals surface area contributed by atoms with Gasteiger partial charge in [-0.2, -0.15) is 0 Å². The third-order valence-corrected chi connectivity index (χ3v) is 6.77. The van der Waals surface area contributed by atoms with Gasteiger partial charge in [-0.25, -0.2) is 4.98 Å². The fourth-order valence-electron chi connectivity index (χ4n) is 3.56. The Hall–Kier alpha value is -2.22. The van der Waals surface area contributed by atoms with Crippen molar-refractivity contribution >= 4 is 56.5 Å². The van der Waals surface area contributed by atoms with E-state index in [1.54, 1.807) is 17.4 Å². The van der Waals surface area contributed by atoms with Crippen molar-refractivity contribution in [3.63, 3.8) is 0 Å². The monoisotopic (exact) mass is 464 g/mol. The molecule has 0 aliphatic heterocycles. The first-order chi connectivity index (χ1) is 14.4. The van der Waals surface area contributed by atoms with Gasteiger partial charge in [-0.05, 0) is 49.4 Å². The number of nitrogens with one attached hydrogen (secondary N) is 1. The Balaban J connectivity index is 1.37. The molecule has 2 heterocycles. The number of aromatic amines is 1. The number of ether oxygens (including phenoxy) is 1. The number of rotatable bonds is 6. The highest BCUT2D eigenvalue weighted by molar-refractivity contribution is 7.18. The van der Waals surface area contributed by atoms with Gasteiger partial charge in [0.2, 0.25) is 5.78 Å². The lowest BCUT2D eigenvalue weighted by molar-refractivity contribution is -0.142. The summed E-state index contributed by atoms with van der Waals surface area (Å²) in [6.07, 6.45) is 4.35. The van der Waals surface area contributed by atoms with Gasteiger partial charge in [-0.15, -0.1) is 11.3 Å². The zero-order valence-corrected chi connectivity index (χ0v) is 18.3. The molecule has 1 aromatic carbocycles. The second-order valence-electron chi connectivity index (χ2n) is 7.11. The van der Waals surface area contributed by atoms with Crippen LogP contribution >= 0.6 is 34.5 Å². The summed E-state index contributed by atoms with van der Waals surface area (Å²) < 4.78 is 5.05. The molecule has 6 nitrogen and oxygen atoms in total. The van der Waals surface area contributed by atoms with Crippen molar-refractivity contribution in [2.24, 2.45) is 0 Å². The van der Waals surface area contributed by atoms with Gasteiger partial charge in [0.15, 0.2) is 6.61 Å². The lowest BCUT2D eigenvalue weighted by Gasteiger charge is -2.09. The number of hydrogen-bond donors (Lipinski definition) is 1. The number of benzene rings is 1. The van der Waals surface area contributed by atoms with Crippen molar-refractivity contribution in [1.29, 1.82) is 0 Å². The van der Waals surface area contributed by atoms with E-state index in [-0.39, 0.29) is 29.0 Å². The molecule has 0 saturated carbocycles. The van der Waals surface area contributed by atoms with Gasteiger partial charge in [0.05, 0.1) is 16.8 Å². The summed E-state index contributed by atoms with van der Waals surface area (Å²) in [6.45, 7) is -0.416. The number of aryl methyl sites for hydroxylation is 3. The average Bonchev–Trinajstić information content (AvgIpc) is 3.09. The summed E-state index contributed by atoms with van der Waals surface area (Å²) in [7, 11) is 0. The van der Waals surface area contributed by atoms with E-state index in [1.165, 1.54) is 17.0 Å². The number of ketones is 1. The minimum absolute atomic E-state index is 0.00116. The lowest BCUT2D eigenvalue weighted by Crippen LogP contribution is -2.17. The number of nitrogens with zero attached hydrogens (tertiary/aromatic N) is 1. The standard InChI is InChI=1S/C21H18Cl2N2O4S/c22-11-5-6-12(14(23)9-11)15(26)10-29-18(27)8-7-17-24-20(28)19-13-3-1-2-4-16(13)30-21(19)25-17/h5-6,9H,1-4,7-8,10H2,(H,24,25,28). The molecule has 156 valence electrons. The Kier molecular flexibility index (Phi) is 6.22. The molecular formula is C21H18Cl2N2O4S. The van der Waals surface area contributed by atoms with E-state index in [1.807, 2.05) is 0 Å². The Morgan fingerprint density at radius 2 is 2.00 bits per heavy atom. The number of Topliss-reactive ketones (excluding diaryl/α,β-unsaturated/α-hetero) is 1. The fourth-order valence-corrected chi connectivity index (χ4v) is 5.35. The molecule has 30 heavy (non-hydrogen) atoms. The minimum atomic E-state index is -0.554. The van der Waals surface area contributed by atoms with Gasteiger partial charge in [-0.3, -0.25) is 14.4 Å². The van der Waals surface area contributed by atoms with Crippen LogP contribution in [-0.2, 0) is 28.8 Å². The second-order valence-corrected chi connectivity index (χ2v) is 9.04. The smallest absolute Gasteiger partial charge is 0.306 e. The van der Waals surface area contributed by atoms with Gasteiger partial charge in [0, 0.05) is 21.9 Å². The normalized spacial score (nSPS) is 13.3. The molecule has 0 amide bonds. The van der Waals surface area contributed by atoms with Crippen LogP contribution in [0.4, 0.5) is 0 Å². The van der Waals surface area contributed by atoms with Gasteiger partial charge in [-0.1, -0.05) is 23.2 Å². The molecular weight excluding hydrogens is 447 g/mol. The first kappa shape index (κ1) is 21.0. The maximum absolute atomic E-state index is 12.5.